The molecule has 6 aromatic carbocycles. The van der Waals surface area contributed by atoms with Gasteiger partial charge in [-0.1, -0.05) is 16.1 Å². The van der Waals surface area contributed by atoms with Gasteiger partial charge in [-0.3, -0.25) is 4.55 Å². The summed E-state index contributed by atoms with van der Waals surface area (Å²) in [6, 6.07) is 23.6. The molecule has 2 aliphatic carbocycles. The normalized spacial score (nSPS) is 12.6. The molecule has 0 saturated heterocycles. The molecule has 0 aliphatic heterocycles. The van der Waals surface area contributed by atoms with Crippen LogP contribution in [0.15, 0.2) is 109 Å². The molecule has 0 atom stereocenters. The van der Waals surface area contributed by atoms with E-state index in [0.29, 0.717) is 99.0 Å². The molecule has 24 heteroatoms. The fourth-order valence-electron chi connectivity index (χ4n) is 7.30. The van der Waals surface area contributed by atoms with Crippen molar-refractivity contribution in [3.63, 3.8) is 0 Å². The second kappa shape index (κ2) is 16.1. The minimum atomic E-state index is -4.48. The van der Waals surface area contributed by atoms with Gasteiger partial charge in [0, 0.05) is 47.7 Å². The van der Waals surface area contributed by atoms with Crippen molar-refractivity contribution in [2.75, 3.05) is 0 Å². The Bertz CT molecular complexity index is 3380. The van der Waals surface area contributed by atoms with Gasteiger partial charge in [-0.15, -0.1) is 18.0 Å². The highest BCUT2D eigenvalue weighted by molar-refractivity contribution is 7.95. The maximum atomic E-state index is 12.0. The summed E-state index contributed by atoms with van der Waals surface area (Å²) in [7, 11) is -8.36. The average molecular weight is 921 g/mol. The second-order valence-electron chi connectivity index (χ2n) is 13.3. The number of primary sulfonamides is 1. The smallest absolute Gasteiger partial charge is 0.282 e. The molecule has 0 amide bonds. The van der Waals surface area contributed by atoms with Crippen LogP contribution in [0.1, 0.15) is 5.56 Å². The van der Waals surface area contributed by atoms with Gasteiger partial charge in [-0.05, 0) is 102 Å². The minimum Gasteiger partial charge on any atom is -0.282 e. The molecular formula is C37H24N6O13S5. The first-order chi connectivity index (χ1) is 29.2. The number of rotatable bonds is 11. The molecule has 0 unspecified atom stereocenters. The monoisotopic (exact) mass is 920 g/mol. The van der Waals surface area contributed by atoms with Gasteiger partial charge in [-0.2, -0.15) is 14.3 Å². The maximum absolute atomic E-state index is 12.0. The SMILES string of the molecule is Cc1cc2c3c(cc(S(N)(=O)=O)cc3c1)-c1nc3ccc(SOOO)cc3nc1-2.NOOSc1ccc2nc3c(nc2c1)-c1cc(SOOO)cc2cc(S(=O)(=O)O)cc-3c12. The molecule has 0 radical (unpaired) electrons. The van der Waals surface area contributed by atoms with E-state index in [0.717, 1.165) is 46.0 Å². The molecule has 0 saturated carbocycles. The van der Waals surface area contributed by atoms with E-state index in [4.69, 9.17) is 36.5 Å². The molecule has 0 bridgehead atoms. The third-order valence-corrected chi connectivity index (χ3v) is 13.0. The van der Waals surface area contributed by atoms with Crippen LogP contribution < -0.4 is 11.0 Å². The molecule has 2 heterocycles. The topological polar surface area (TPSA) is 288 Å². The van der Waals surface area contributed by atoms with Crippen LogP contribution >= 0.6 is 36.1 Å². The third kappa shape index (κ3) is 7.78. The van der Waals surface area contributed by atoms with Crippen LogP contribution in [0, 0.1) is 6.92 Å². The van der Waals surface area contributed by atoms with E-state index in [9.17, 15) is 21.4 Å². The van der Waals surface area contributed by atoms with Gasteiger partial charge in [0.05, 0.1) is 90.8 Å². The highest BCUT2D eigenvalue weighted by Crippen LogP contribution is 2.50. The summed E-state index contributed by atoms with van der Waals surface area (Å²) in [5, 5.41) is 32.4. The molecule has 0 fully saturated rings. The van der Waals surface area contributed by atoms with Crippen LogP contribution in [0.4, 0.5) is 0 Å². The maximum Gasteiger partial charge on any atom is 0.294 e. The van der Waals surface area contributed by atoms with E-state index in [-0.39, 0.29) is 9.79 Å². The molecule has 310 valence electrons. The van der Waals surface area contributed by atoms with Crippen LogP contribution in [0.5, 0.6) is 0 Å². The molecule has 7 N–H and O–H groups in total. The van der Waals surface area contributed by atoms with Crippen LogP contribution in [0.2, 0.25) is 0 Å². The molecule has 19 nitrogen and oxygen atoms in total. The first-order valence-corrected chi connectivity index (χ1v) is 22.3. The number of aromatic nitrogens is 4. The summed E-state index contributed by atoms with van der Waals surface area (Å²) >= 11 is 2.45. The Morgan fingerprint density at radius 2 is 1.00 bits per heavy atom. The Hall–Kier alpha value is -4.97. The molecule has 2 aliphatic rings. The van der Waals surface area contributed by atoms with Crippen LogP contribution in [-0.4, -0.2) is 51.8 Å². The van der Waals surface area contributed by atoms with Crippen molar-refractivity contribution in [3.8, 4) is 45.0 Å². The zero-order chi connectivity index (χ0) is 42.8. The lowest BCUT2D eigenvalue weighted by molar-refractivity contribution is -0.432. The highest BCUT2D eigenvalue weighted by atomic mass is 32.2. The Morgan fingerprint density at radius 1 is 0.541 bits per heavy atom. The van der Waals surface area contributed by atoms with E-state index in [1.54, 1.807) is 60.7 Å². The summed E-state index contributed by atoms with van der Waals surface area (Å²) in [5.41, 5.74) is 8.40. The summed E-state index contributed by atoms with van der Waals surface area (Å²) in [5.74, 6) is 4.88. The van der Waals surface area contributed by atoms with Crippen LogP contribution in [0.3, 0.4) is 0 Å². The van der Waals surface area contributed by atoms with Crippen molar-refractivity contribution in [3.05, 3.63) is 90.5 Å². The lowest BCUT2D eigenvalue weighted by Gasteiger charge is -2.07. The molecule has 8 aromatic rings. The number of aryl methyl sites for hydroxylation is 1. The van der Waals surface area contributed by atoms with Gasteiger partial charge in [0.2, 0.25) is 10.0 Å². The number of nitrogens with zero attached hydrogens (tertiary/aromatic N) is 4. The van der Waals surface area contributed by atoms with Gasteiger partial charge in [0.25, 0.3) is 10.1 Å². The van der Waals surface area contributed by atoms with Crippen molar-refractivity contribution in [2.24, 2.45) is 11.0 Å². The van der Waals surface area contributed by atoms with Gasteiger partial charge in [0.15, 0.2) is 0 Å². The second-order valence-corrected chi connectivity index (χ2v) is 18.6. The lowest BCUT2D eigenvalue weighted by atomic mass is 10.0. The number of fused-ring (bicyclic) bond motifs is 8. The lowest BCUT2D eigenvalue weighted by Crippen LogP contribution is -2.12. The standard InChI is InChI=1S/C19H13N3O5S2.C18H11N3O8S3/c1-9-4-10-6-12(29(20,24)25)8-14-17(10)13(5-9)18-19(14)21-15-3-2-11(28-27-26-23)7-16(15)22-18;19-26-28-30-9-1-2-14-15(6-9)21-17-12-5-10(31-29-27-22)3-8-4-11(32(23,24)25)7-13(16(8)12)18(17)20-14/h2-8,23H,1H3,(H2,20,24,25);1-7,22H,19H2,(H,23,24,25). The van der Waals surface area contributed by atoms with Gasteiger partial charge >= 0.3 is 0 Å². The fourth-order valence-corrected chi connectivity index (χ4v) is 9.66. The Labute approximate surface area is 356 Å². The first kappa shape index (κ1) is 41.4. The number of hydrogen-bond acceptors (Lipinski definition) is 20. The molecular weight excluding hydrogens is 897 g/mol. The van der Waals surface area contributed by atoms with Crippen molar-refractivity contribution < 1.29 is 60.0 Å². The number of sulfonamides is 1. The van der Waals surface area contributed by atoms with Crippen LogP contribution in [0.25, 0.3) is 88.6 Å². The van der Waals surface area contributed by atoms with E-state index in [2.05, 4.69) is 33.1 Å². The molecule has 0 spiro atoms. The summed E-state index contributed by atoms with van der Waals surface area (Å²) in [6.45, 7) is 1.94. The van der Waals surface area contributed by atoms with E-state index < -0.39 is 20.1 Å². The van der Waals surface area contributed by atoms with Gasteiger partial charge in [-0.25, -0.2) is 44.0 Å². The van der Waals surface area contributed by atoms with E-state index >= 15 is 0 Å². The predicted molar refractivity (Wildman–Crippen MR) is 222 cm³/mol. The zero-order valence-corrected chi connectivity index (χ0v) is 34.6. The highest BCUT2D eigenvalue weighted by Gasteiger charge is 2.30. The molecule has 61 heavy (non-hydrogen) atoms. The Kier molecular flexibility index (Phi) is 10.9. The predicted octanol–water partition coefficient (Wildman–Crippen LogP) is 7.75. The van der Waals surface area contributed by atoms with Gasteiger partial charge < -0.3 is 0 Å². The Balaban J connectivity index is 0.000000157. The van der Waals surface area contributed by atoms with Crippen molar-refractivity contribution in [1.82, 2.24) is 19.9 Å². The zero-order valence-electron chi connectivity index (χ0n) is 30.5. The van der Waals surface area contributed by atoms with Crippen molar-refractivity contribution in [2.45, 2.75) is 31.4 Å². The molecule has 2 aromatic heterocycles. The van der Waals surface area contributed by atoms with E-state index in [1.807, 2.05) is 19.1 Å². The quantitative estimate of drug-likeness (QED) is 0.0358. The summed E-state index contributed by atoms with van der Waals surface area (Å²) in [6.07, 6.45) is 0. The first-order valence-electron chi connectivity index (χ1n) is 17.1. The molecule has 10 rings (SSSR count). The van der Waals surface area contributed by atoms with E-state index in [1.165, 1.54) is 12.1 Å². The third-order valence-electron chi connectivity index (χ3n) is 9.57. The van der Waals surface area contributed by atoms with Crippen LogP contribution in [-0.2, 0) is 48.2 Å². The number of benzene rings is 6. The minimum absolute atomic E-state index is 0.0409. The Morgan fingerprint density at radius 3 is 1.52 bits per heavy atom. The largest absolute Gasteiger partial charge is 0.294 e. The number of hydrogen-bond donors (Lipinski definition) is 5. The van der Waals surface area contributed by atoms with Crippen molar-refractivity contribution >= 4 is 99.9 Å². The van der Waals surface area contributed by atoms with Gasteiger partial charge in [0.1, 0.15) is 0 Å². The van der Waals surface area contributed by atoms with Crippen molar-refractivity contribution in [1.29, 1.82) is 0 Å². The summed E-state index contributed by atoms with van der Waals surface area (Å²) < 4.78 is 71.0. The summed E-state index contributed by atoms with van der Waals surface area (Å²) in [4.78, 5) is 24.6. The number of nitrogens with two attached hydrogens (primary N) is 2. The fraction of sp³-hybridized carbons (Fsp3) is 0.0270. The average Bonchev–Trinajstić information content (AvgIpc) is 3.70.